The third-order valence-corrected chi connectivity index (χ3v) is 10.6. The van der Waals surface area contributed by atoms with E-state index in [4.69, 9.17) is 0 Å². The highest BCUT2D eigenvalue weighted by Crippen LogP contribution is 2.52. The SMILES string of the molecule is Cc1cccc(SSSSSc2cccc(C)c2)c1. The minimum absolute atomic E-state index is 1.32. The van der Waals surface area contributed by atoms with E-state index in [1.165, 1.54) is 20.9 Å². The molecule has 0 N–H and O–H groups in total. The molecule has 100 valence electrons. The monoisotopic (exact) mass is 342 g/mol. The molecule has 0 aliphatic rings. The normalized spacial score (nSPS) is 10.6. The Morgan fingerprint density at radius 1 is 0.632 bits per heavy atom. The molecule has 0 spiro atoms. The minimum atomic E-state index is 1.32. The van der Waals surface area contributed by atoms with Crippen molar-refractivity contribution >= 4 is 51.1 Å². The Kier molecular flexibility index (Phi) is 6.94. The van der Waals surface area contributed by atoms with Crippen molar-refractivity contribution in [3.8, 4) is 0 Å². The first kappa shape index (κ1) is 15.6. The Labute approximate surface area is 133 Å². The molecular weight excluding hydrogens is 328 g/mol. The number of hydrogen-bond acceptors (Lipinski definition) is 5. The molecule has 0 bridgehead atoms. The first-order valence-electron chi connectivity index (χ1n) is 5.72. The van der Waals surface area contributed by atoms with Gasteiger partial charge in [-0.3, -0.25) is 0 Å². The van der Waals surface area contributed by atoms with Crippen LogP contribution < -0.4 is 0 Å². The van der Waals surface area contributed by atoms with Gasteiger partial charge in [0.25, 0.3) is 0 Å². The van der Waals surface area contributed by atoms with E-state index in [1.54, 1.807) is 0 Å². The van der Waals surface area contributed by atoms with Crippen molar-refractivity contribution in [3.05, 3.63) is 59.7 Å². The molecule has 0 aliphatic heterocycles. The predicted octanol–water partition coefficient (Wildman–Crippen LogP) is 7.05. The first-order valence-corrected chi connectivity index (χ1v) is 11.9. The van der Waals surface area contributed by atoms with Gasteiger partial charge in [0.1, 0.15) is 0 Å². The molecule has 0 amide bonds. The van der Waals surface area contributed by atoms with Crippen LogP contribution in [-0.2, 0) is 0 Å². The molecule has 0 unspecified atom stereocenters. The lowest BCUT2D eigenvalue weighted by atomic mass is 10.2. The van der Waals surface area contributed by atoms with Crippen LogP contribution in [0.2, 0.25) is 0 Å². The minimum Gasteiger partial charge on any atom is -0.0609 e. The molecule has 2 aromatic rings. The van der Waals surface area contributed by atoms with Crippen LogP contribution in [-0.4, -0.2) is 0 Å². The molecule has 2 rings (SSSR count). The van der Waals surface area contributed by atoms with Crippen LogP contribution in [0, 0.1) is 13.8 Å². The zero-order valence-corrected chi connectivity index (χ0v) is 14.7. The quantitative estimate of drug-likeness (QED) is 0.406. The van der Waals surface area contributed by atoms with Gasteiger partial charge < -0.3 is 0 Å². The zero-order valence-electron chi connectivity index (χ0n) is 10.7. The van der Waals surface area contributed by atoms with Gasteiger partial charge in [-0.05, 0) is 100 Å². The fourth-order valence-electron chi connectivity index (χ4n) is 1.45. The highest BCUT2D eigenvalue weighted by Gasteiger charge is 1.99. The lowest BCUT2D eigenvalue weighted by molar-refractivity contribution is 1.37. The molecule has 0 nitrogen and oxygen atoms in total. The third kappa shape index (κ3) is 6.00. The Balaban J connectivity index is 1.67. The van der Waals surface area contributed by atoms with Gasteiger partial charge in [-0.2, -0.15) is 0 Å². The van der Waals surface area contributed by atoms with E-state index in [0.717, 1.165) is 0 Å². The lowest BCUT2D eigenvalue weighted by Gasteiger charge is -2.02. The lowest BCUT2D eigenvalue weighted by Crippen LogP contribution is -1.71. The standard InChI is InChI=1S/C14H14S5/c1-11-5-3-7-13(9-11)15-17-19-18-16-14-8-4-6-12(2)10-14/h3-10H,1-2H3. The summed E-state index contributed by atoms with van der Waals surface area (Å²) in [4.78, 5) is 2.64. The van der Waals surface area contributed by atoms with Gasteiger partial charge in [0.05, 0.1) is 0 Å². The second-order valence-electron chi connectivity index (χ2n) is 4.00. The largest absolute Gasteiger partial charge is 0.0609 e. The topological polar surface area (TPSA) is 0 Å². The number of aryl methyl sites for hydroxylation is 2. The average Bonchev–Trinajstić information content (AvgIpc) is 2.38. The molecule has 2 aromatic carbocycles. The van der Waals surface area contributed by atoms with Gasteiger partial charge >= 0.3 is 0 Å². The van der Waals surface area contributed by atoms with Crippen LogP contribution >= 0.6 is 51.1 Å². The van der Waals surface area contributed by atoms with E-state index < -0.39 is 0 Å². The number of hydrogen-bond donors (Lipinski definition) is 0. The van der Waals surface area contributed by atoms with Crippen LogP contribution in [0.25, 0.3) is 0 Å². The summed E-state index contributed by atoms with van der Waals surface area (Å²) in [6.45, 7) is 4.26. The van der Waals surface area contributed by atoms with Gasteiger partial charge in [0, 0.05) is 9.79 Å². The summed E-state index contributed by atoms with van der Waals surface area (Å²) < 4.78 is 0. The van der Waals surface area contributed by atoms with Crippen LogP contribution in [0.15, 0.2) is 58.3 Å². The average molecular weight is 343 g/mol. The number of benzene rings is 2. The van der Waals surface area contributed by atoms with Crippen molar-refractivity contribution in [2.45, 2.75) is 23.6 Å². The van der Waals surface area contributed by atoms with Gasteiger partial charge in [-0.25, -0.2) is 0 Å². The molecule has 0 atom stereocenters. The van der Waals surface area contributed by atoms with Crippen LogP contribution in [0.4, 0.5) is 0 Å². The molecular formula is C14H14S5. The van der Waals surface area contributed by atoms with Gasteiger partial charge in [-0.1, -0.05) is 24.3 Å². The van der Waals surface area contributed by atoms with E-state index in [9.17, 15) is 0 Å². The second kappa shape index (κ2) is 8.47. The Morgan fingerprint density at radius 3 is 1.53 bits per heavy atom. The number of rotatable bonds is 6. The van der Waals surface area contributed by atoms with E-state index in [0.29, 0.717) is 0 Å². The molecule has 0 saturated heterocycles. The van der Waals surface area contributed by atoms with Crippen LogP contribution in [0.1, 0.15) is 11.1 Å². The molecule has 0 saturated carbocycles. The van der Waals surface area contributed by atoms with Gasteiger partial charge in [0.15, 0.2) is 0 Å². The highest BCUT2D eigenvalue weighted by atomic mass is 33.8. The van der Waals surface area contributed by atoms with Crippen molar-refractivity contribution in [1.82, 2.24) is 0 Å². The maximum atomic E-state index is 2.22. The van der Waals surface area contributed by atoms with Gasteiger partial charge in [-0.15, -0.1) is 0 Å². The summed E-state index contributed by atoms with van der Waals surface area (Å²) in [5, 5.41) is 0. The molecule has 19 heavy (non-hydrogen) atoms. The smallest absolute Gasteiger partial charge is 0.0194 e. The molecule has 0 aromatic heterocycles. The summed E-state index contributed by atoms with van der Waals surface area (Å²) in [6, 6.07) is 17.2. The Morgan fingerprint density at radius 2 is 1.11 bits per heavy atom. The molecule has 0 aliphatic carbocycles. The third-order valence-electron chi connectivity index (χ3n) is 2.30. The molecule has 0 fully saturated rings. The van der Waals surface area contributed by atoms with E-state index in [2.05, 4.69) is 62.4 Å². The van der Waals surface area contributed by atoms with Gasteiger partial charge in [0.2, 0.25) is 0 Å². The summed E-state index contributed by atoms with van der Waals surface area (Å²) in [5.41, 5.74) is 2.63. The fourth-order valence-corrected chi connectivity index (χ4v) is 9.82. The molecule has 0 radical (unpaired) electrons. The molecule has 0 heterocycles. The van der Waals surface area contributed by atoms with E-state index in [1.807, 2.05) is 51.1 Å². The van der Waals surface area contributed by atoms with E-state index in [-0.39, 0.29) is 0 Å². The van der Waals surface area contributed by atoms with Crippen LogP contribution in [0.5, 0.6) is 0 Å². The first-order chi connectivity index (χ1) is 9.24. The maximum absolute atomic E-state index is 2.22. The van der Waals surface area contributed by atoms with Crippen molar-refractivity contribution in [2.24, 2.45) is 0 Å². The summed E-state index contributed by atoms with van der Waals surface area (Å²) >= 11 is 0. The van der Waals surface area contributed by atoms with Crippen molar-refractivity contribution in [2.75, 3.05) is 0 Å². The Hall–Kier alpha value is 0.190. The van der Waals surface area contributed by atoms with Crippen molar-refractivity contribution < 1.29 is 0 Å². The fraction of sp³-hybridized carbons (Fsp3) is 0.143. The van der Waals surface area contributed by atoms with E-state index >= 15 is 0 Å². The van der Waals surface area contributed by atoms with Crippen molar-refractivity contribution in [3.63, 3.8) is 0 Å². The summed E-state index contributed by atoms with van der Waals surface area (Å²) in [6.07, 6.45) is 0. The zero-order chi connectivity index (χ0) is 13.5. The molecule has 5 heteroatoms. The maximum Gasteiger partial charge on any atom is 0.0194 e. The Bertz CT molecular complexity index is 479. The van der Waals surface area contributed by atoms with Crippen LogP contribution in [0.3, 0.4) is 0 Å². The van der Waals surface area contributed by atoms with Crippen molar-refractivity contribution in [1.29, 1.82) is 0 Å². The summed E-state index contributed by atoms with van der Waals surface area (Å²) in [5.74, 6) is 0. The predicted molar refractivity (Wildman–Crippen MR) is 96.8 cm³/mol. The summed E-state index contributed by atoms with van der Waals surface area (Å²) in [7, 11) is 9.08. The highest BCUT2D eigenvalue weighted by molar-refractivity contribution is 9.35. The second-order valence-corrected chi connectivity index (χ2v) is 11.6.